The van der Waals surface area contributed by atoms with Gasteiger partial charge < -0.3 is 61.0 Å². The van der Waals surface area contributed by atoms with Crippen LogP contribution >= 0.6 is 0 Å². The summed E-state index contributed by atoms with van der Waals surface area (Å²) >= 11 is 0. The van der Waals surface area contributed by atoms with Crippen LogP contribution in [0.1, 0.15) is 0 Å². The third-order valence-corrected chi connectivity index (χ3v) is 45.1. The Morgan fingerprint density at radius 1 is 0.225 bits per heavy atom. The van der Waals surface area contributed by atoms with Gasteiger partial charge in [-0.05, 0) is 10.4 Å². The zero-order valence-electron chi connectivity index (χ0n) is 37.5. The summed E-state index contributed by atoms with van der Waals surface area (Å²) in [5, 5.41) is -0.909. The molecule has 5 saturated heterocycles. The summed E-state index contributed by atoms with van der Waals surface area (Å²) in [5.74, 6) is 0. The lowest BCUT2D eigenvalue weighted by Gasteiger charge is -2.63. The lowest BCUT2D eigenvalue weighted by Crippen LogP contribution is -2.99. The van der Waals surface area contributed by atoms with E-state index in [2.05, 4.69) is 0 Å². The summed E-state index contributed by atoms with van der Waals surface area (Å²) in [5.41, 5.74) is 0. The fourth-order valence-corrected chi connectivity index (χ4v) is 51.7. The van der Waals surface area contributed by atoms with E-state index in [1.807, 2.05) is 0 Å². The smallest absolute Gasteiger partial charge is 0.387 e. The molecule has 8 aromatic rings. The second-order valence-electron chi connectivity index (χ2n) is 17.2. The Balaban J connectivity index is 1.34. The molecule has 5 heterocycles. The van der Waals surface area contributed by atoms with Crippen molar-refractivity contribution in [3.05, 3.63) is 243 Å². The first-order valence-corrected chi connectivity index (χ1v) is 36.9. The van der Waals surface area contributed by atoms with Crippen LogP contribution in [0.5, 0.6) is 0 Å². The average molecular weight is 1080 g/mol. The SMILES string of the molecule is O[Si]1(c2ccccc2)OC23O[Si](c4ccccc4)(O1)O[Si](O)(c1ccccc1)O[Si]2(c1ccccc1)O[Si]1(c2ccccc2)O[Si](O)(c2ccccc2)O[Si]3(c2ccccc2)O[Si](O)(c2ccccc2)O1. The molecule has 1 spiro atoms. The van der Waals surface area contributed by atoms with Crippen LogP contribution in [0.2, 0.25) is 0 Å². The molecule has 13 rings (SSSR count). The second-order valence-corrected chi connectivity index (χ2v) is 40.0. The maximum atomic E-state index is 14.1. The molecule has 0 amide bonds. The first-order chi connectivity index (χ1) is 34.4. The zero-order valence-corrected chi connectivity index (χ0v) is 45.5. The lowest BCUT2D eigenvalue weighted by atomic mass is 10.4. The minimum Gasteiger partial charge on any atom is -0.387 e. The molecule has 4 N–H and O–H groups in total. The number of fused-ring (bicyclic) bond motifs is 5. The summed E-state index contributed by atoms with van der Waals surface area (Å²) in [7, 11) is -42.3. The zero-order chi connectivity index (χ0) is 48.5. The van der Waals surface area contributed by atoms with E-state index in [-0.39, 0.29) is 36.3 Å². The maximum Gasteiger partial charge on any atom is 0.529 e. The number of benzene rings is 8. The fraction of sp³-hybridized carbons (Fsp3) is 0.0204. The summed E-state index contributed by atoms with van der Waals surface area (Å²) < 4.78 is 76.6. The van der Waals surface area contributed by atoms with E-state index >= 15 is 0 Å². The van der Waals surface area contributed by atoms with Crippen molar-refractivity contribution in [2.75, 3.05) is 0 Å². The van der Waals surface area contributed by atoms with E-state index in [0.29, 0.717) is 5.19 Å². The third kappa shape index (κ3) is 7.52. The Labute approximate surface area is 417 Å². The van der Waals surface area contributed by atoms with Gasteiger partial charge in [-0.1, -0.05) is 243 Å². The van der Waals surface area contributed by atoms with Crippen molar-refractivity contribution in [1.29, 1.82) is 0 Å². The monoisotopic (exact) mass is 1080 g/mol. The highest BCUT2D eigenvalue weighted by Gasteiger charge is 2.93. The molecule has 0 aromatic heterocycles. The average Bonchev–Trinajstić information content (AvgIpc) is 3.49. The normalized spacial score (nSPS) is 34.4. The van der Waals surface area contributed by atoms with Gasteiger partial charge in [-0.3, -0.25) is 0 Å². The molecule has 7 atom stereocenters. The molecule has 5 aliphatic rings. The fourth-order valence-electron chi connectivity index (χ4n) is 9.55. The van der Waals surface area contributed by atoms with Crippen LogP contribution in [-0.2, 0) is 41.8 Å². The van der Waals surface area contributed by atoms with E-state index < -0.39 is 75.0 Å². The highest BCUT2D eigenvalue weighted by molar-refractivity contribution is 7.16. The lowest BCUT2D eigenvalue weighted by molar-refractivity contribution is -0.126. The molecule has 5 fully saturated rings. The van der Waals surface area contributed by atoms with Crippen LogP contribution in [0, 0.1) is 0 Å². The molecule has 71 heavy (non-hydrogen) atoms. The predicted octanol–water partition coefficient (Wildman–Crippen LogP) is 0.726. The van der Waals surface area contributed by atoms with Crippen molar-refractivity contribution in [2.45, 2.75) is 5.03 Å². The van der Waals surface area contributed by atoms with E-state index in [0.717, 1.165) is 0 Å². The summed E-state index contributed by atoms with van der Waals surface area (Å²) in [6.45, 7) is 0. The first-order valence-electron chi connectivity index (χ1n) is 22.8. The van der Waals surface area contributed by atoms with Gasteiger partial charge in [-0.15, -0.1) is 0 Å². The number of hydrogen-bond donors (Lipinski definition) is 4. The molecule has 356 valence electrons. The molecule has 0 saturated carbocycles. The highest BCUT2D eigenvalue weighted by atomic mass is 28.6. The Kier molecular flexibility index (Phi) is 11.6. The maximum absolute atomic E-state index is 14.1. The van der Waals surface area contributed by atoms with Gasteiger partial charge in [-0.25, -0.2) is 0 Å². The van der Waals surface area contributed by atoms with Crippen molar-refractivity contribution in [3.8, 4) is 0 Å². The number of hydrogen-bond acceptors (Lipinski definition) is 14. The molecule has 8 aromatic carbocycles. The van der Waals surface area contributed by atoms with Crippen LogP contribution in [0.25, 0.3) is 0 Å². The van der Waals surface area contributed by atoms with Crippen LogP contribution < -0.4 is 41.5 Å². The van der Waals surface area contributed by atoms with Gasteiger partial charge in [0.2, 0.25) is 5.03 Å². The van der Waals surface area contributed by atoms with Gasteiger partial charge in [0.15, 0.2) is 0 Å². The van der Waals surface area contributed by atoms with E-state index in [1.165, 1.54) is 0 Å². The summed E-state index contributed by atoms with van der Waals surface area (Å²) in [6.07, 6.45) is 0. The minimum atomic E-state index is -5.61. The van der Waals surface area contributed by atoms with Crippen molar-refractivity contribution in [1.82, 2.24) is 0 Å². The van der Waals surface area contributed by atoms with E-state index in [9.17, 15) is 19.2 Å². The Hall–Kier alpha value is -5.06. The van der Waals surface area contributed by atoms with Crippen LogP contribution in [-0.4, -0.2) is 94.2 Å². The first kappa shape index (κ1) is 47.0. The summed E-state index contributed by atoms with van der Waals surface area (Å²) in [6, 6.07) is 69.4. The predicted molar refractivity (Wildman–Crippen MR) is 277 cm³/mol. The molecule has 22 heteroatoms. The summed E-state index contributed by atoms with van der Waals surface area (Å²) in [4.78, 5) is 56.3. The van der Waals surface area contributed by atoms with Crippen molar-refractivity contribution in [2.24, 2.45) is 0 Å². The number of rotatable bonds is 8. The molecule has 5 aliphatic heterocycles. The molecule has 14 nitrogen and oxygen atoms in total. The second kappa shape index (κ2) is 17.6. The van der Waals surface area contributed by atoms with Crippen LogP contribution in [0.15, 0.2) is 243 Å². The van der Waals surface area contributed by atoms with Gasteiger partial charge >= 0.3 is 69.9 Å². The highest BCUT2D eigenvalue weighted by Crippen LogP contribution is 2.54. The molecule has 7 unspecified atom stereocenters. The van der Waals surface area contributed by atoms with Gasteiger partial charge in [0.25, 0.3) is 0 Å². The van der Waals surface area contributed by atoms with Crippen LogP contribution in [0.3, 0.4) is 0 Å². The quantitative estimate of drug-likeness (QED) is 0.157. The molecule has 0 aliphatic carbocycles. The van der Waals surface area contributed by atoms with Gasteiger partial charge in [0, 0.05) is 31.1 Å². The topological polar surface area (TPSA) is 173 Å². The minimum absolute atomic E-state index is 0.209. The van der Waals surface area contributed by atoms with E-state index in [4.69, 9.17) is 41.8 Å². The van der Waals surface area contributed by atoms with E-state index in [1.54, 1.807) is 243 Å². The van der Waals surface area contributed by atoms with Crippen molar-refractivity contribution < 1.29 is 61.0 Å². The Bertz CT molecular complexity index is 3110. The van der Waals surface area contributed by atoms with Gasteiger partial charge in [0.1, 0.15) is 0 Å². The van der Waals surface area contributed by atoms with Crippen molar-refractivity contribution in [3.63, 3.8) is 0 Å². The van der Waals surface area contributed by atoms with Gasteiger partial charge in [-0.2, -0.15) is 0 Å². The molecular weight excluding hydrogens is 1040 g/mol. The van der Waals surface area contributed by atoms with Crippen molar-refractivity contribution >= 4 is 111 Å². The molecule has 4 bridgehead atoms. The third-order valence-electron chi connectivity index (χ3n) is 12.8. The Morgan fingerprint density at radius 2 is 0.465 bits per heavy atom. The molecular formula is C49H44O14Si8. The molecule has 0 radical (unpaired) electrons. The standard InChI is InChI=1S/C49H44O14Si8/c50-66(43-29-13-3-14-30-43)54-49-55-70(60-66,47-37-21-7-22-38-47)61-67(51,44-31-15-4-16-32-44)58-65(49,42-27-11-2-12-28-42)59-71(48-39-23-8-24-40-48)62-68(52,45-33-17-5-18-34-45)56-64(49,41-25-9-1-10-26-41)57-69(53,63-71)46-35-19-6-20-36-46/h1-40,50-53H. The van der Waals surface area contributed by atoms with Gasteiger partial charge in [0.05, 0.1) is 0 Å². The Morgan fingerprint density at radius 3 is 0.803 bits per heavy atom. The van der Waals surface area contributed by atoms with Crippen LogP contribution in [0.4, 0.5) is 0 Å². The largest absolute Gasteiger partial charge is 0.529 e.